The molecule has 68 valence electrons. The van der Waals surface area contributed by atoms with Gasteiger partial charge in [0.05, 0.1) is 5.69 Å². The van der Waals surface area contributed by atoms with E-state index in [9.17, 15) is 0 Å². The Labute approximate surface area is 73.8 Å². The molecular weight excluding hydrogens is 150 g/mol. The number of aryl methyl sites for hydroxylation is 2. The first-order valence-electron chi connectivity index (χ1n) is 4.30. The lowest BCUT2D eigenvalue weighted by molar-refractivity contribution is 0.723. The molecule has 3 heteroatoms. The highest BCUT2D eigenvalue weighted by molar-refractivity contribution is 5.15. The Morgan fingerprint density at radius 3 is 2.50 bits per heavy atom. The molecule has 1 N–H and O–H groups in total. The normalized spacial score (nSPS) is 10.7. The van der Waals surface area contributed by atoms with Crippen LogP contribution in [0.15, 0.2) is 0 Å². The van der Waals surface area contributed by atoms with Gasteiger partial charge in [-0.05, 0) is 20.9 Å². The minimum Gasteiger partial charge on any atom is -0.335 e. The molecule has 12 heavy (non-hydrogen) atoms. The maximum absolute atomic E-state index is 4.40. The van der Waals surface area contributed by atoms with Crippen molar-refractivity contribution >= 4 is 0 Å². The summed E-state index contributed by atoms with van der Waals surface area (Å²) in [4.78, 5) is 4.40. The Balaban J connectivity index is 2.82. The van der Waals surface area contributed by atoms with Gasteiger partial charge in [0.2, 0.25) is 0 Å². The zero-order valence-electron chi connectivity index (χ0n) is 8.31. The highest BCUT2D eigenvalue weighted by Gasteiger charge is 2.06. The van der Waals surface area contributed by atoms with Crippen LogP contribution < -0.4 is 5.32 Å². The Hall–Kier alpha value is -0.830. The molecule has 1 aromatic heterocycles. The van der Waals surface area contributed by atoms with Crippen LogP contribution in [-0.4, -0.2) is 23.1 Å². The number of nitrogens with one attached hydrogen (secondary N) is 1. The number of aromatic nitrogens is 2. The molecule has 0 aliphatic carbocycles. The molecule has 0 aliphatic rings. The van der Waals surface area contributed by atoms with Crippen molar-refractivity contribution in [2.75, 3.05) is 13.6 Å². The Kier molecular flexibility index (Phi) is 2.87. The van der Waals surface area contributed by atoms with Gasteiger partial charge in [-0.25, -0.2) is 4.98 Å². The number of imidazole rings is 1. The fourth-order valence-electron chi connectivity index (χ4n) is 1.41. The lowest BCUT2D eigenvalue weighted by Crippen LogP contribution is -2.13. The first-order chi connectivity index (χ1) is 5.66. The topological polar surface area (TPSA) is 29.9 Å². The maximum Gasteiger partial charge on any atom is 0.105 e. The van der Waals surface area contributed by atoms with Crippen LogP contribution in [0.4, 0.5) is 0 Å². The Morgan fingerprint density at radius 2 is 2.08 bits per heavy atom. The van der Waals surface area contributed by atoms with E-state index in [1.165, 1.54) is 5.69 Å². The summed E-state index contributed by atoms with van der Waals surface area (Å²) in [5, 5.41) is 3.14. The van der Waals surface area contributed by atoms with Crippen LogP contribution in [0.2, 0.25) is 0 Å². The molecule has 1 rings (SSSR count). The lowest BCUT2D eigenvalue weighted by atomic mass is 10.2. The summed E-state index contributed by atoms with van der Waals surface area (Å²) in [6.07, 6.45) is 1.06. The lowest BCUT2D eigenvalue weighted by Gasteiger charge is -2.03. The molecule has 1 aromatic rings. The fourth-order valence-corrected chi connectivity index (χ4v) is 1.41. The van der Waals surface area contributed by atoms with Crippen molar-refractivity contribution in [3.63, 3.8) is 0 Å². The zero-order valence-corrected chi connectivity index (χ0v) is 8.31. The fraction of sp³-hybridized carbons (Fsp3) is 0.667. The van der Waals surface area contributed by atoms with Gasteiger partial charge >= 0.3 is 0 Å². The molecule has 0 radical (unpaired) electrons. The van der Waals surface area contributed by atoms with Gasteiger partial charge in [-0.3, -0.25) is 0 Å². The van der Waals surface area contributed by atoms with Gasteiger partial charge in [-0.2, -0.15) is 0 Å². The third-order valence-corrected chi connectivity index (χ3v) is 2.25. The van der Waals surface area contributed by atoms with E-state index >= 15 is 0 Å². The van der Waals surface area contributed by atoms with E-state index in [-0.39, 0.29) is 0 Å². The van der Waals surface area contributed by atoms with Gasteiger partial charge in [0, 0.05) is 25.7 Å². The second-order valence-electron chi connectivity index (χ2n) is 3.10. The third kappa shape index (κ3) is 1.67. The van der Waals surface area contributed by atoms with E-state index in [1.54, 1.807) is 0 Å². The minimum atomic E-state index is 1.01. The first-order valence-corrected chi connectivity index (χ1v) is 4.30. The molecule has 0 atom stereocenters. The van der Waals surface area contributed by atoms with E-state index in [2.05, 4.69) is 28.8 Å². The van der Waals surface area contributed by atoms with E-state index in [1.807, 2.05) is 14.0 Å². The van der Waals surface area contributed by atoms with Crippen molar-refractivity contribution in [1.29, 1.82) is 0 Å². The number of likely N-dealkylation sites (N-methyl/N-ethyl adjacent to an activating group) is 1. The summed E-state index contributed by atoms with van der Waals surface area (Å²) in [6, 6.07) is 0. The predicted molar refractivity (Wildman–Crippen MR) is 50.3 cm³/mol. The molecule has 0 saturated carbocycles. The smallest absolute Gasteiger partial charge is 0.105 e. The van der Waals surface area contributed by atoms with Crippen molar-refractivity contribution < 1.29 is 0 Å². The van der Waals surface area contributed by atoms with Crippen LogP contribution in [0.1, 0.15) is 17.2 Å². The van der Waals surface area contributed by atoms with Crippen LogP contribution in [0.5, 0.6) is 0 Å². The van der Waals surface area contributed by atoms with E-state index in [4.69, 9.17) is 0 Å². The highest BCUT2D eigenvalue weighted by atomic mass is 15.1. The van der Waals surface area contributed by atoms with Gasteiger partial charge in [0.1, 0.15) is 5.82 Å². The average Bonchev–Trinajstić information content (AvgIpc) is 2.25. The molecule has 0 aromatic carbocycles. The second kappa shape index (κ2) is 3.72. The maximum atomic E-state index is 4.40. The van der Waals surface area contributed by atoms with Crippen molar-refractivity contribution in [1.82, 2.24) is 14.9 Å². The van der Waals surface area contributed by atoms with Crippen molar-refractivity contribution in [3.8, 4) is 0 Å². The van der Waals surface area contributed by atoms with E-state index in [0.29, 0.717) is 0 Å². The minimum absolute atomic E-state index is 1.01. The zero-order chi connectivity index (χ0) is 9.14. The van der Waals surface area contributed by atoms with Crippen LogP contribution in [-0.2, 0) is 13.5 Å². The average molecular weight is 167 g/mol. The number of hydrogen-bond acceptors (Lipinski definition) is 2. The number of hydrogen-bond donors (Lipinski definition) is 1. The molecule has 0 saturated heterocycles. The summed E-state index contributed by atoms with van der Waals surface area (Å²) in [5.74, 6) is 1.10. The quantitative estimate of drug-likeness (QED) is 0.721. The van der Waals surface area contributed by atoms with Gasteiger partial charge in [0.15, 0.2) is 0 Å². The number of nitrogens with zero attached hydrogens (tertiary/aromatic N) is 2. The standard InChI is InChI=1S/C9H17N3/c1-7-9(5-6-10-3)12(4)8(2)11-7/h10H,5-6H2,1-4H3. The largest absolute Gasteiger partial charge is 0.335 e. The van der Waals surface area contributed by atoms with Gasteiger partial charge in [0.25, 0.3) is 0 Å². The van der Waals surface area contributed by atoms with Crippen LogP contribution in [0.3, 0.4) is 0 Å². The SMILES string of the molecule is CNCCc1c(C)nc(C)n1C. The third-order valence-electron chi connectivity index (χ3n) is 2.25. The monoisotopic (exact) mass is 167 g/mol. The van der Waals surface area contributed by atoms with Crippen LogP contribution >= 0.6 is 0 Å². The summed E-state index contributed by atoms with van der Waals surface area (Å²) in [5.41, 5.74) is 2.49. The highest BCUT2D eigenvalue weighted by Crippen LogP contribution is 2.08. The molecule has 0 unspecified atom stereocenters. The molecule has 0 aliphatic heterocycles. The molecule has 0 amide bonds. The molecule has 0 fully saturated rings. The summed E-state index contributed by atoms with van der Waals surface area (Å²) in [6.45, 7) is 5.12. The summed E-state index contributed by atoms with van der Waals surface area (Å²) < 4.78 is 2.16. The Bertz CT molecular complexity index is 263. The van der Waals surface area contributed by atoms with Crippen molar-refractivity contribution in [2.24, 2.45) is 7.05 Å². The Morgan fingerprint density at radius 1 is 1.42 bits per heavy atom. The summed E-state index contributed by atoms with van der Waals surface area (Å²) >= 11 is 0. The van der Waals surface area contributed by atoms with Crippen molar-refractivity contribution in [3.05, 3.63) is 17.2 Å². The van der Waals surface area contributed by atoms with Crippen molar-refractivity contribution in [2.45, 2.75) is 20.3 Å². The predicted octanol–water partition coefficient (Wildman–Crippen LogP) is 0.799. The molecule has 0 spiro atoms. The van der Waals surface area contributed by atoms with E-state index < -0.39 is 0 Å². The number of rotatable bonds is 3. The van der Waals surface area contributed by atoms with Crippen LogP contribution in [0.25, 0.3) is 0 Å². The van der Waals surface area contributed by atoms with Gasteiger partial charge < -0.3 is 9.88 Å². The van der Waals surface area contributed by atoms with Gasteiger partial charge in [-0.15, -0.1) is 0 Å². The van der Waals surface area contributed by atoms with E-state index in [0.717, 1.165) is 24.5 Å². The van der Waals surface area contributed by atoms with Crippen LogP contribution in [0, 0.1) is 13.8 Å². The molecule has 1 heterocycles. The van der Waals surface area contributed by atoms with Gasteiger partial charge in [-0.1, -0.05) is 0 Å². The molecule has 0 bridgehead atoms. The second-order valence-corrected chi connectivity index (χ2v) is 3.10. The molecular formula is C9H17N3. The molecule has 3 nitrogen and oxygen atoms in total. The summed E-state index contributed by atoms with van der Waals surface area (Å²) in [7, 11) is 4.04. The first kappa shape index (κ1) is 9.26.